The molecule has 0 amide bonds. The first-order valence-electron chi connectivity index (χ1n) is 9.61. The molecule has 2 heterocycles. The molecule has 0 unspecified atom stereocenters. The van der Waals surface area contributed by atoms with Gasteiger partial charge in [-0.3, -0.25) is 4.98 Å². The highest BCUT2D eigenvalue weighted by atomic mass is 16.5. The summed E-state index contributed by atoms with van der Waals surface area (Å²) in [5.41, 5.74) is 7.10. The number of hydrogen-bond donors (Lipinski definition) is 0. The predicted molar refractivity (Wildman–Crippen MR) is 108 cm³/mol. The highest BCUT2D eigenvalue weighted by molar-refractivity contribution is 5.74. The molecule has 0 bridgehead atoms. The summed E-state index contributed by atoms with van der Waals surface area (Å²) in [5.74, 6) is 1.14. The third-order valence-electron chi connectivity index (χ3n) is 6.08. The smallest absolute Gasteiger partial charge is 0.258 e. The molecule has 2 aromatic heterocycles. The van der Waals surface area contributed by atoms with Crippen molar-refractivity contribution in [1.82, 2.24) is 15.1 Å². The fraction of sp³-hybridized carbons (Fsp3) is 0.348. The number of hydrogen-bond acceptors (Lipinski definition) is 4. The maximum atomic E-state index is 5.56. The molecular formula is C23H25N3O. The molecule has 0 radical (unpaired) electrons. The Labute approximate surface area is 160 Å². The van der Waals surface area contributed by atoms with Gasteiger partial charge in [0.05, 0.1) is 0 Å². The molecule has 0 N–H and O–H groups in total. The van der Waals surface area contributed by atoms with Gasteiger partial charge in [0.25, 0.3) is 5.89 Å². The summed E-state index contributed by atoms with van der Waals surface area (Å²) in [6, 6.07) is 8.36. The van der Waals surface area contributed by atoms with E-state index in [0.717, 1.165) is 29.5 Å². The van der Waals surface area contributed by atoms with Gasteiger partial charge >= 0.3 is 0 Å². The summed E-state index contributed by atoms with van der Waals surface area (Å²) in [4.78, 5) is 8.73. The van der Waals surface area contributed by atoms with Crippen molar-refractivity contribution in [3.63, 3.8) is 0 Å². The zero-order valence-corrected chi connectivity index (χ0v) is 16.2. The fourth-order valence-corrected chi connectivity index (χ4v) is 4.13. The molecule has 0 saturated heterocycles. The van der Waals surface area contributed by atoms with Crippen molar-refractivity contribution in [3.8, 4) is 22.8 Å². The minimum absolute atomic E-state index is 0.349. The van der Waals surface area contributed by atoms with Crippen LogP contribution in [0.3, 0.4) is 0 Å². The number of nitrogens with zero attached hydrogens (tertiary/aromatic N) is 3. The number of allylic oxidation sites excluding steroid dienone is 1. The molecule has 1 aliphatic carbocycles. The Morgan fingerprint density at radius 2 is 1.93 bits per heavy atom. The van der Waals surface area contributed by atoms with Gasteiger partial charge in [-0.15, -0.1) is 0 Å². The predicted octanol–water partition coefficient (Wildman–Crippen LogP) is 5.87. The van der Waals surface area contributed by atoms with Crippen molar-refractivity contribution in [2.45, 2.75) is 46.5 Å². The summed E-state index contributed by atoms with van der Waals surface area (Å²) in [6.45, 7) is 10.9. The third-order valence-corrected chi connectivity index (χ3v) is 6.08. The zero-order valence-electron chi connectivity index (χ0n) is 16.2. The summed E-state index contributed by atoms with van der Waals surface area (Å²) in [6.07, 6.45) is 8.09. The number of aromatic nitrogens is 3. The normalized spacial score (nSPS) is 15.6. The van der Waals surface area contributed by atoms with Crippen molar-refractivity contribution in [2.75, 3.05) is 0 Å². The Morgan fingerprint density at radius 1 is 1.11 bits per heavy atom. The van der Waals surface area contributed by atoms with E-state index in [0.29, 0.717) is 17.1 Å². The van der Waals surface area contributed by atoms with Crippen molar-refractivity contribution in [3.05, 3.63) is 59.9 Å². The Bertz CT molecular complexity index is 998. The van der Waals surface area contributed by atoms with Gasteiger partial charge in [-0.25, -0.2) is 0 Å². The van der Waals surface area contributed by atoms with Crippen LogP contribution < -0.4 is 0 Å². The maximum Gasteiger partial charge on any atom is 0.258 e. The maximum absolute atomic E-state index is 5.56. The first-order chi connectivity index (χ1) is 13.0. The van der Waals surface area contributed by atoms with E-state index < -0.39 is 0 Å². The van der Waals surface area contributed by atoms with Crippen LogP contribution in [0, 0.1) is 12.3 Å². The van der Waals surface area contributed by atoms with Crippen molar-refractivity contribution < 1.29 is 4.52 Å². The quantitative estimate of drug-likeness (QED) is 0.584. The third kappa shape index (κ3) is 3.09. The number of fused-ring (bicyclic) bond motifs is 1. The second kappa shape index (κ2) is 6.76. The monoisotopic (exact) mass is 359 g/mol. The minimum Gasteiger partial charge on any atom is -0.334 e. The zero-order chi connectivity index (χ0) is 19.0. The lowest BCUT2D eigenvalue weighted by Crippen LogP contribution is -2.26. The van der Waals surface area contributed by atoms with E-state index >= 15 is 0 Å². The molecule has 27 heavy (non-hydrogen) atoms. The van der Waals surface area contributed by atoms with Crippen LogP contribution in [0.15, 0.2) is 47.8 Å². The summed E-state index contributed by atoms with van der Waals surface area (Å²) < 4.78 is 5.56. The Morgan fingerprint density at radius 3 is 2.67 bits per heavy atom. The number of pyridine rings is 1. The van der Waals surface area contributed by atoms with Gasteiger partial charge in [0.1, 0.15) is 0 Å². The topological polar surface area (TPSA) is 51.8 Å². The highest BCUT2D eigenvalue weighted by Crippen LogP contribution is 2.46. The van der Waals surface area contributed by atoms with E-state index in [2.05, 4.69) is 53.8 Å². The van der Waals surface area contributed by atoms with E-state index in [1.807, 2.05) is 19.2 Å². The van der Waals surface area contributed by atoms with Gasteiger partial charge in [-0.2, -0.15) is 4.98 Å². The van der Waals surface area contributed by atoms with Crippen LogP contribution in [-0.4, -0.2) is 15.1 Å². The molecule has 1 aliphatic rings. The molecule has 0 spiro atoms. The lowest BCUT2D eigenvalue weighted by molar-refractivity contribution is 0.261. The van der Waals surface area contributed by atoms with Crippen LogP contribution in [0.1, 0.15) is 49.8 Å². The first kappa shape index (κ1) is 17.7. The molecule has 138 valence electrons. The van der Waals surface area contributed by atoms with E-state index in [9.17, 15) is 0 Å². The van der Waals surface area contributed by atoms with Crippen LogP contribution in [0.5, 0.6) is 0 Å². The lowest BCUT2D eigenvalue weighted by Gasteiger charge is -2.38. The number of rotatable bonds is 4. The summed E-state index contributed by atoms with van der Waals surface area (Å²) in [5, 5.41) is 4.17. The summed E-state index contributed by atoms with van der Waals surface area (Å²) >= 11 is 0. The van der Waals surface area contributed by atoms with Crippen molar-refractivity contribution >= 4 is 5.57 Å². The van der Waals surface area contributed by atoms with E-state index in [-0.39, 0.29) is 0 Å². The van der Waals surface area contributed by atoms with Crippen molar-refractivity contribution in [1.29, 1.82) is 0 Å². The Hall–Kier alpha value is -2.75. The number of benzene rings is 1. The molecule has 3 aromatic rings. The van der Waals surface area contributed by atoms with Crippen LogP contribution in [0.4, 0.5) is 0 Å². The van der Waals surface area contributed by atoms with E-state index in [4.69, 9.17) is 4.52 Å². The van der Waals surface area contributed by atoms with Crippen LogP contribution in [-0.2, 0) is 6.42 Å². The van der Waals surface area contributed by atoms with Gasteiger partial charge in [-0.1, -0.05) is 31.6 Å². The molecule has 4 nitrogen and oxygen atoms in total. The average molecular weight is 359 g/mol. The fourth-order valence-electron chi connectivity index (χ4n) is 4.13. The van der Waals surface area contributed by atoms with Gasteiger partial charge in [0, 0.05) is 23.5 Å². The standard InChI is InChI=1S/C23H25N3O/c1-5-23(6-2)12-15(3)20-11-17(7-8-18(20)13-23)22-25-21(26-27-22)19-9-10-24-14-16(19)4/h7-11,14H,3,5-6,12-13H2,1-2,4H3. The van der Waals surface area contributed by atoms with Gasteiger partial charge in [0.2, 0.25) is 5.82 Å². The Kier molecular flexibility index (Phi) is 4.42. The lowest BCUT2D eigenvalue weighted by atomic mass is 9.67. The van der Waals surface area contributed by atoms with Crippen molar-refractivity contribution in [2.24, 2.45) is 5.41 Å². The Balaban J connectivity index is 1.69. The summed E-state index contributed by atoms with van der Waals surface area (Å²) in [7, 11) is 0. The second-order valence-electron chi connectivity index (χ2n) is 7.65. The number of aryl methyl sites for hydroxylation is 1. The van der Waals surface area contributed by atoms with Gasteiger partial charge in [0.15, 0.2) is 0 Å². The highest BCUT2D eigenvalue weighted by Gasteiger charge is 2.33. The molecule has 0 aliphatic heterocycles. The second-order valence-corrected chi connectivity index (χ2v) is 7.65. The average Bonchev–Trinajstić information content (AvgIpc) is 3.18. The van der Waals surface area contributed by atoms with E-state index in [1.165, 1.54) is 29.5 Å². The molecule has 0 saturated carbocycles. The molecule has 1 aromatic carbocycles. The van der Waals surface area contributed by atoms with Gasteiger partial charge < -0.3 is 4.52 Å². The van der Waals surface area contributed by atoms with Crippen LogP contribution in [0.2, 0.25) is 0 Å². The minimum atomic E-state index is 0.349. The van der Waals surface area contributed by atoms with Crippen LogP contribution >= 0.6 is 0 Å². The van der Waals surface area contributed by atoms with Gasteiger partial charge in [-0.05, 0) is 78.5 Å². The molecule has 4 rings (SSSR count). The first-order valence-corrected chi connectivity index (χ1v) is 9.61. The molecule has 0 atom stereocenters. The van der Waals surface area contributed by atoms with Crippen LogP contribution in [0.25, 0.3) is 28.4 Å². The SMILES string of the molecule is C=C1CC(CC)(CC)Cc2ccc(-c3nc(-c4ccncc4C)no3)cc21. The largest absolute Gasteiger partial charge is 0.334 e. The molecular weight excluding hydrogens is 334 g/mol. The van der Waals surface area contributed by atoms with E-state index in [1.54, 1.807) is 6.20 Å². The molecule has 0 fully saturated rings. The molecule has 4 heteroatoms.